The van der Waals surface area contributed by atoms with Gasteiger partial charge in [0.2, 0.25) is 0 Å². The highest BCUT2D eigenvalue weighted by atomic mass is 19.1. The molecule has 1 saturated carbocycles. The molecular weight excluding hydrogens is 455 g/mol. The molecule has 1 atom stereocenters. The van der Waals surface area contributed by atoms with Gasteiger partial charge < -0.3 is 20.1 Å². The van der Waals surface area contributed by atoms with Crippen LogP contribution in [0.3, 0.4) is 0 Å². The maximum Gasteiger partial charge on any atom is 0.293 e. The fourth-order valence-electron chi connectivity index (χ4n) is 5.18. The summed E-state index contributed by atoms with van der Waals surface area (Å²) in [7, 11) is 0. The summed E-state index contributed by atoms with van der Waals surface area (Å²) in [6, 6.07) is 18.8. The number of para-hydroxylation sites is 1. The van der Waals surface area contributed by atoms with Crippen LogP contribution in [0, 0.1) is 11.2 Å². The molecule has 0 unspecified atom stereocenters. The number of ether oxygens (including phenoxy) is 2. The van der Waals surface area contributed by atoms with E-state index in [1.165, 1.54) is 25.7 Å². The van der Waals surface area contributed by atoms with Gasteiger partial charge in [-0.2, -0.15) is 0 Å². The van der Waals surface area contributed by atoms with Gasteiger partial charge in [0, 0.05) is 41.5 Å². The number of hydrogen-bond acceptors (Lipinski definition) is 5. The molecule has 2 fully saturated rings. The van der Waals surface area contributed by atoms with E-state index in [0.29, 0.717) is 35.4 Å². The number of nitrogens with two attached hydrogens (primary N) is 1. The van der Waals surface area contributed by atoms with Crippen molar-refractivity contribution in [3.63, 3.8) is 0 Å². The van der Waals surface area contributed by atoms with E-state index in [9.17, 15) is 4.79 Å². The van der Waals surface area contributed by atoms with E-state index >= 15 is 4.39 Å². The average Bonchev–Trinajstić information content (AvgIpc) is 3.65. The third-order valence-electron chi connectivity index (χ3n) is 7.63. The molecule has 3 aromatic carbocycles. The lowest BCUT2D eigenvalue weighted by Gasteiger charge is -2.34. The van der Waals surface area contributed by atoms with Crippen molar-refractivity contribution < 1.29 is 18.7 Å². The number of benzene rings is 3. The largest absolute Gasteiger partial charge is 0.488 e. The number of rotatable bonds is 9. The Labute approximate surface area is 212 Å². The second-order valence-corrected chi connectivity index (χ2v) is 10.2. The minimum absolute atomic E-state index is 0.149. The smallest absolute Gasteiger partial charge is 0.293 e. The van der Waals surface area contributed by atoms with Crippen molar-refractivity contribution in [2.75, 3.05) is 18.0 Å². The predicted octanol–water partition coefficient (Wildman–Crippen LogP) is 6.14. The normalized spacial score (nSPS) is 17.0. The highest BCUT2D eigenvalue weighted by molar-refractivity contribution is 5.71. The molecule has 188 valence electrons. The first-order chi connectivity index (χ1) is 17.5. The van der Waals surface area contributed by atoms with Gasteiger partial charge in [0.15, 0.2) is 0 Å². The van der Waals surface area contributed by atoms with E-state index < -0.39 is 6.04 Å². The van der Waals surface area contributed by atoms with Crippen LogP contribution in [0.2, 0.25) is 0 Å². The number of piperidine rings is 1. The minimum Gasteiger partial charge on any atom is -0.488 e. The maximum atomic E-state index is 15.5. The van der Waals surface area contributed by atoms with Crippen LogP contribution in [0.5, 0.6) is 5.75 Å². The number of halogens is 1. The van der Waals surface area contributed by atoms with Crippen molar-refractivity contribution in [3.8, 4) is 16.9 Å². The van der Waals surface area contributed by atoms with Crippen molar-refractivity contribution in [2.45, 2.75) is 51.9 Å². The predicted molar refractivity (Wildman–Crippen MR) is 139 cm³/mol. The van der Waals surface area contributed by atoms with Crippen molar-refractivity contribution in [3.05, 3.63) is 83.2 Å². The fourth-order valence-corrected chi connectivity index (χ4v) is 5.18. The van der Waals surface area contributed by atoms with Crippen molar-refractivity contribution in [1.29, 1.82) is 0 Å². The molecule has 2 N–H and O–H groups in total. The molecule has 5 nitrogen and oxygen atoms in total. The summed E-state index contributed by atoms with van der Waals surface area (Å²) in [4.78, 5) is 13.1. The van der Waals surface area contributed by atoms with Crippen molar-refractivity contribution in [2.24, 2.45) is 11.1 Å². The van der Waals surface area contributed by atoms with Crippen LogP contribution in [0.4, 0.5) is 10.1 Å². The SMILES string of the molecule is C[C@@H](N)c1cccc(-c2cc(COc3ccccc3COC=O)cc(N3CCC4(CC3)CC4)c2)c1F. The fraction of sp³-hybridized carbons (Fsp3) is 0.367. The molecular formula is C30H33FN2O3. The summed E-state index contributed by atoms with van der Waals surface area (Å²) < 4.78 is 26.6. The molecule has 0 bridgehead atoms. The molecule has 2 aliphatic rings. The Kier molecular flexibility index (Phi) is 6.97. The molecule has 1 spiro atoms. The second kappa shape index (κ2) is 10.3. The summed E-state index contributed by atoms with van der Waals surface area (Å²) in [6.07, 6.45) is 5.12. The zero-order chi connectivity index (χ0) is 25.1. The van der Waals surface area contributed by atoms with Crippen LogP contribution in [0.15, 0.2) is 60.7 Å². The van der Waals surface area contributed by atoms with Crippen LogP contribution in [0.1, 0.15) is 55.3 Å². The third kappa shape index (κ3) is 5.24. The Morgan fingerprint density at radius 1 is 1.03 bits per heavy atom. The molecule has 1 aliphatic heterocycles. The van der Waals surface area contributed by atoms with Gasteiger partial charge >= 0.3 is 0 Å². The topological polar surface area (TPSA) is 64.8 Å². The molecule has 3 aromatic rings. The van der Waals surface area contributed by atoms with Gasteiger partial charge in [-0.15, -0.1) is 0 Å². The molecule has 1 heterocycles. The molecule has 6 heteroatoms. The van der Waals surface area contributed by atoms with Crippen LogP contribution in [-0.2, 0) is 22.7 Å². The maximum absolute atomic E-state index is 15.5. The summed E-state index contributed by atoms with van der Waals surface area (Å²) >= 11 is 0. The summed E-state index contributed by atoms with van der Waals surface area (Å²) in [5.41, 5.74) is 11.3. The Hall–Kier alpha value is -3.38. The van der Waals surface area contributed by atoms with E-state index in [-0.39, 0.29) is 12.4 Å². The number of anilines is 1. The molecule has 1 saturated heterocycles. The van der Waals surface area contributed by atoms with Gasteiger partial charge in [-0.25, -0.2) is 4.39 Å². The molecule has 5 rings (SSSR count). The molecule has 36 heavy (non-hydrogen) atoms. The first-order valence-electron chi connectivity index (χ1n) is 12.7. The third-order valence-corrected chi connectivity index (χ3v) is 7.63. The molecule has 0 radical (unpaired) electrons. The number of carbonyl (C=O) groups is 1. The Morgan fingerprint density at radius 2 is 1.81 bits per heavy atom. The monoisotopic (exact) mass is 488 g/mol. The Balaban J connectivity index is 1.46. The Bertz CT molecular complexity index is 1230. The van der Waals surface area contributed by atoms with Crippen molar-refractivity contribution >= 4 is 12.2 Å². The van der Waals surface area contributed by atoms with Gasteiger partial charge in [0.05, 0.1) is 0 Å². The highest BCUT2D eigenvalue weighted by Gasteiger charge is 2.44. The first kappa shape index (κ1) is 24.3. The lowest BCUT2D eigenvalue weighted by molar-refractivity contribution is -0.129. The number of carbonyl (C=O) groups excluding carboxylic acids is 1. The van der Waals surface area contributed by atoms with Crippen LogP contribution in [0.25, 0.3) is 11.1 Å². The lowest BCUT2D eigenvalue weighted by Crippen LogP contribution is -2.34. The lowest BCUT2D eigenvalue weighted by atomic mass is 9.92. The first-order valence-corrected chi connectivity index (χ1v) is 12.7. The van der Waals surface area contributed by atoms with Gasteiger partial charge in [0.25, 0.3) is 6.47 Å². The van der Waals surface area contributed by atoms with Crippen molar-refractivity contribution in [1.82, 2.24) is 0 Å². The summed E-state index contributed by atoms with van der Waals surface area (Å²) in [5.74, 6) is 0.383. The zero-order valence-electron chi connectivity index (χ0n) is 20.7. The highest BCUT2D eigenvalue weighted by Crippen LogP contribution is 2.54. The average molecular weight is 489 g/mol. The number of hydrogen-bond donors (Lipinski definition) is 1. The Morgan fingerprint density at radius 3 is 2.53 bits per heavy atom. The molecule has 0 aromatic heterocycles. The van der Waals surface area contributed by atoms with E-state index in [0.717, 1.165) is 35.5 Å². The van der Waals surface area contributed by atoms with Gasteiger partial charge in [-0.3, -0.25) is 4.79 Å². The van der Waals surface area contributed by atoms with Gasteiger partial charge in [-0.1, -0.05) is 36.4 Å². The van der Waals surface area contributed by atoms with Crippen LogP contribution < -0.4 is 15.4 Å². The van der Waals surface area contributed by atoms with Crippen LogP contribution in [-0.4, -0.2) is 19.6 Å². The summed E-state index contributed by atoms with van der Waals surface area (Å²) in [6.45, 7) is 4.71. The van der Waals surface area contributed by atoms with E-state index in [1.54, 1.807) is 13.0 Å². The zero-order valence-corrected chi connectivity index (χ0v) is 20.7. The molecule has 0 amide bonds. The second-order valence-electron chi connectivity index (χ2n) is 10.2. The van der Waals surface area contributed by atoms with E-state index in [4.69, 9.17) is 15.2 Å². The standard InChI is InChI=1S/C30H33FN2O3/c1-21(32)26-6-4-7-27(29(26)31)24-15-22(18-36-28-8-3-2-5-23(28)19-35-20-34)16-25(17-24)33-13-11-30(9-10-30)12-14-33/h2-8,15-17,20-21H,9-14,18-19,32H2,1H3/t21-/m1/s1. The quantitative estimate of drug-likeness (QED) is 0.366. The van der Waals surface area contributed by atoms with Gasteiger partial charge in [0.1, 0.15) is 24.8 Å². The van der Waals surface area contributed by atoms with E-state index in [1.807, 2.05) is 42.5 Å². The molecule has 1 aliphatic carbocycles. The van der Waals surface area contributed by atoms with Crippen LogP contribution >= 0.6 is 0 Å². The van der Waals surface area contributed by atoms with E-state index in [2.05, 4.69) is 17.0 Å². The minimum atomic E-state index is -0.391. The summed E-state index contributed by atoms with van der Waals surface area (Å²) in [5, 5.41) is 0. The number of nitrogens with zero attached hydrogens (tertiary/aromatic N) is 1. The van der Waals surface area contributed by atoms with Gasteiger partial charge in [-0.05, 0) is 73.4 Å².